The van der Waals surface area contributed by atoms with Gasteiger partial charge in [-0.2, -0.15) is 0 Å². The zero-order valence-electron chi connectivity index (χ0n) is 18.6. The summed E-state index contributed by atoms with van der Waals surface area (Å²) in [6.45, 7) is 8.47. The molecule has 2 fully saturated rings. The van der Waals surface area contributed by atoms with Crippen LogP contribution in [0.15, 0.2) is 4.79 Å². The Kier molecular flexibility index (Phi) is 6.38. The topological polar surface area (TPSA) is 86.4 Å². The summed E-state index contributed by atoms with van der Waals surface area (Å²) < 4.78 is 26.4. The molecule has 0 bridgehead atoms. The Balaban J connectivity index is 1.44. The van der Waals surface area contributed by atoms with Crippen LogP contribution in [0.4, 0.5) is 0 Å². The molecule has 3 heterocycles. The van der Waals surface area contributed by atoms with Gasteiger partial charge in [0.2, 0.25) is 10.0 Å². The van der Waals surface area contributed by atoms with Gasteiger partial charge in [0.15, 0.2) is 0 Å². The zero-order valence-corrected chi connectivity index (χ0v) is 19.4. The van der Waals surface area contributed by atoms with Crippen molar-refractivity contribution in [3.05, 3.63) is 27.4 Å². The van der Waals surface area contributed by atoms with Crippen molar-refractivity contribution in [2.75, 3.05) is 19.6 Å². The molecule has 30 heavy (non-hydrogen) atoms. The maximum absolute atomic E-state index is 12.9. The first-order chi connectivity index (χ1) is 14.3. The highest BCUT2D eigenvalue weighted by atomic mass is 32.2. The summed E-state index contributed by atoms with van der Waals surface area (Å²) >= 11 is 0. The molecule has 4 rings (SSSR count). The molecule has 0 aromatic carbocycles. The second kappa shape index (κ2) is 8.71. The molecule has 8 heteroatoms. The van der Waals surface area contributed by atoms with Crippen molar-refractivity contribution in [2.45, 2.75) is 89.5 Å². The molecule has 1 aliphatic carbocycles. The van der Waals surface area contributed by atoms with Crippen LogP contribution in [0.1, 0.15) is 82.3 Å². The second-order valence-electron chi connectivity index (χ2n) is 9.78. The summed E-state index contributed by atoms with van der Waals surface area (Å²) in [6.07, 6.45) is 7.29. The van der Waals surface area contributed by atoms with Gasteiger partial charge in [-0.3, -0.25) is 9.69 Å². The summed E-state index contributed by atoms with van der Waals surface area (Å²) in [5.41, 5.74) is 1.79. The third-order valence-electron chi connectivity index (χ3n) is 7.41. The van der Waals surface area contributed by atoms with Crippen LogP contribution in [-0.2, 0) is 23.0 Å². The van der Waals surface area contributed by atoms with E-state index < -0.39 is 15.3 Å². The standard InChI is InChI=1S/C22H36N4O3S/c1-15(2)30(28,29)26-12-8-17(9-13-26)21-23-20-10-11-25(14-19(20)22(27)24-21)18-6-4-16(3)5-7-18/h15-18H,4-14H2,1-3H3,(H,23,24,27). The monoisotopic (exact) mass is 436 g/mol. The number of piperidine rings is 1. The molecular weight excluding hydrogens is 400 g/mol. The first kappa shape index (κ1) is 22.0. The van der Waals surface area contributed by atoms with Crippen molar-refractivity contribution >= 4 is 10.0 Å². The highest BCUT2D eigenvalue weighted by molar-refractivity contribution is 7.89. The number of rotatable bonds is 4. The van der Waals surface area contributed by atoms with E-state index in [4.69, 9.17) is 4.98 Å². The van der Waals surface area contributed by atoms with E-state index in [2.05, 4.69) is 16.8 Å². The SMILES string of the molecule is CC1CCC(N2CCc3nc(C4CCN(S(=O)(=O)C(C)C)CC4)[nH]c(=O)c3C2)CC1. The number of aromatic amines is 1. The molecule has 7 nitrogen and oxygen atoms in total. The van der Waals surface area contributed by atoms with E-state index >= 15 is 0 Å². The van der Waals surface area contributed by atoms with Gasteiger partial charge in [0, 0.05) is 44.6 Å². The molecule has 0 unspecified atom stereocenters. The van der Waals surface area contributed by atoms with Crippen LogP contribution in [0.2, 0.25) is 0 Å². The zero-order chi connectivity index (χ0) is 21.5. The molecule has 1 saturated carbocycles. The first-order valence-corrected chi connectivity index (χ1v) is 13.1. The lowest BCUT2D eigenvalue weighted by Crippen LogP contribution is -2.44. The quantitative estimate of drug-likeness (QED) is 0.784. The molecule has 1 N–H and O–H groups in total. The third-order valence-corrected chi connectivity index (χ3v) is 9.69. The van der Waals surface area contributed by atoms with E-state index in [1.807, 2.05) is 0 Å². The number of aromatic nitrogens is 2. The van der Waals surface area contributed by atoms with Gasteiger partial charge in [0.05, 0.1) is 16.5 Å². The number of H-pyrrole nitrogens is 1. The predicted octanol–water partition coefficient (Wildman–Crippen LogP) is 2.62. The Morgan fingerprint density at radius 1 is 1.03 bits per heavy atom. The van der Waals surface area contributed by atoms with Crippen LogP contribution in [-0.4, -0.2) is 58.5 Å². The number of hydrogen-bond acceptors (Lipinski definition) is 5. The lowest BCUT2D eigenvalue weighted by molar-refractivity contribution is 0.124. The van der Waals surface area contributed by atoms with Crippen molar-refractivity contribution in [1.82, 2.24) is 19.2 Å². The lowest BCUT2D eigenvalue weighted by atomic mass is 9.86. The normalized spacial score (nSPS) is 27.3. The molecule has 1 aromatic heterocycles. The molecule has 3 aliphatic rings. The van der Waals surface area contributed by atoms with Crippen LogP contribution in [0.3, 0.4) is 0 Å². The average molecular weight is 437 g/mol. The minimum atomic E-state index is -3.21. The summed E-state index contributed by atoms with van der Waals surface area (Å²) in [4.78, 5) is 23.3. The Bertz CT molecular complexity index is 911. The molecule has 0 atom stereocenters. The molecule has 0 spiro atoms. The third kappa shape index (κ3) is 4.36. The van der Waals surface area contributed by atoms with Crippen LogP contribution in [0.25, 0.3) is 0 Å². The van der Waals surface area contributed by atoms with Crippen molar-refractivity contribution in [3.8, 4) is 0 Å². The molecule has 0 amide bonds. The highest BCUT2D eigenvalue weighted by Crippen LogP contribution is 2.31. The van der Waals surface area contributed by atoms with Gasteiger partial charge in [0.25, 0.3) is 5.56 Å². The number of hydrogen-bond donors (Lipinski definition) is 1. The van der Waals surface area contributed by atoms with Gasteiger partial charge < -0.3 is 4.98 Å². The molecule has 0 radical (unpaired) electrons. The maximum Gasteiger partial charge on any atom is 0.255 e. The number of nitrogens with zero attached hydrogens (tertiary/aromatic N) is 3. The molecule has 1 aromatic rings. The lowest BCUT2D eigenvalue weighted by Gasteiger charge is -2.38. The minimum absolute atomic E-state index is 0.00103. The van der Waals surface area contributed by atoms with Gasteiger partial charge in [-0.1, -0.05) is 6.92 Å². The number of nitrogens with one attached hydrogen (secondary N) is 1. The van der Waals surface area contributed by atoms with Gasteiger partial charge >= 0.3 is 0 Å². The van der Waals surface area contributed by atoms with Crippen molar-refractivity contribution < 1.29 is 8.42 Å². The van der Waals surface area contributed by atoms with Crippen molar-refractivity contribution in [3.63, 3.8) is 0 Å². The fourth-order valence-electron chi connectivity index (χ4n) is 5.26. The van der Waals surface area contributed by atoms with Gasteiger partial charge in [-0.25, -0.2) is 17.7 Å². The summed E-state index contributed by atoms with van der Waals surface area (Å²) in [5, 5.41) is -0.397. The highest BCUT2D eigenvalue weighted by Gasteiger charge is 2.33. The fourth-order valence-corrected chi connectivity index (χ4v) is 6.58. The van der Waals surface area contributed by atoms with Crippen molar-refractivity contribution in [1.29, 1.82) is 0 Å². The molecule has 2 aliphatic heterocycles. The Labute approximate surface area is 180 Å². The first-order valence-electron chi connectivity index (χ1n) is 11.6. The van der Waals surface area contributed by atoms with Gasteiger partial charge in [-0.05, 0) is 58.3 Å². The summed E-state index contributed by atoms with van der Waals surface area (Å²) in [7, 11) is -3.21. The van der Waals surface area contributed by atoms with Crippen LogP contribution in [0.5, 0.6) is 0 Å². The van der Waals surface area contributed by atoms with Crippen LogP contribution < -0.4 is 5.56 Å². The largest absolute Gasteiger partial charge is 0.310 e. The van der Waals surface area contributed by atoms with Crippen LogP contribution in [0, 0.1) is 5.92 Å². The average Bonchev–Trinajstić information content (AvgIpc) is 2.74. The second-order valence-corrected chi connectivity index (χ2v) is 12.3. The summed E-state index contributed by atoms with van der Waals surface area (Å²) in [6, 6.07) is 0.598. The predicted molar refractivity (Wildman–Crippen MR) is 118 cm³/mol. The molecule has 1 saturated heterocycles. The summed E-state index contributed by atoms with van der Waals surface area (Å²) in [5.74, 6) is 1.70. The van der Waals surface area contributed by atoms with E-state index in [0.29, 0.717) is 38.5 Å². The van der Waals surface area contributed by atoms with E-state index in [0.717, 1.165) is 36.0 Å². The van der Waals surface area contributed by atoms with Crippen molar-refractivity contribution in [2.24, 2.45) is 5.92 Å². The fraction of sp³-hybridized carbons (Fsp3) is 0.818. The smallest absolute Gasteiger partial charge is 0.255 e. The van der Waals surface area contributed by atoms with E-state index in [1.54, 1.807) is 18.2 Å². The maximum atomic E-state index is 12.9. The number of sulfonamides is 1. The van der Waals surface area contributed by atoms with Gasteiger partial charge in [-0.15, -0.1) is 0 Å². The molecular formula is C22H36N4O3S. The van der Waals surface area contributed by atoms with Gasteiger partial charge in [0.1, 0.15) is 5.82 Å². The molecule has 168 valence electrons. The Morgan fingerprint density at radius 2 is 1.70 bits per heavy atom. The minimum Gasteiger partial charge on any atom is -0.310 e. The Morgan fingerprint density at radius 3 is 2.33 bits per heavy atom. The van der Waals surface area contributed by atoms with E-state index in [1.165, 1.54) is 25.7 Å². The number of fused-ring (bicyclic) bond motifs is 1. The van der Waals surface area contributed by atoms with Crippen LogP contribution >= 0.6 is 0 Å². The van der Waals surface area contributed by atoms with E-state index in [9.17, 15) is 13.2 Å². The Hall–Kier alpha value is -1.25. The van der Waals surface area contributed by atoms with E-state index in [-0.39, 0.29) is 11.5 Å².